The van der Waals surface area contributed by atoms with Crippen LogP contribution in [0.5, 0.6) is 0 Å². The van der Waals surface area contributed by atoms with Gasteiger partial charge in [-0.2, -0.15) is 0 Å². The zero-order valence-corrected chi connectivity index (χ0v) is 26.0. The van der Waals surface area contributed by atoms with Gasteiger partial charge in [-0.3, -0.25) is 14.7 Å². The van der Waals surface area contributed by atoms with Gasteiger partial charge in [-0.05, 0) is 105 Å². The Labute approximate surface area is 263 Å². The molecule has 2 amide bonds. The minimum Gasteiger partial charge on any atom is -0.480 e. The molecule has 0 aliphatic carbocycles. The normalized spacial score (nSPS) is 15.1. The summed E-state index contributed by atoms with van der Waals surface area (Å²) in [6, 6.07) is 15.3. The molecular weight excluding hydrogens is 568 g/mol. The summed E-state index contributed by atoms with van der Waals surface area (Å²) in [5, 5.41) is 28.9. The highest BCUT2D eigenvalue weighted by atomic mass is 16.4. The van der Waals surface area contributed by atoms with Crippen molar-refractivity contribution in [2.45, 2.75) is 65.0 Å². The lowest BCUT2D eigenvalue weighted by molar-refractivity contribution is -0.144. The van der Waals surface area contributed by atoms with Gasteiger partial charge in [0.05, 0.1) is 0 Å². The molecule has 0 bridgehead atoms. The third-order valence-corrected chi connectivity index (χ3v) is 8.52. The number of aliphatic hydroxyl groups excluding tert-OH is 1. The van der Waals surface area contributed by atoms with Crippen LogP contribution in [0.2, 0.25) is 0 Å². The number of nitrogens with one attached hydrogen (secondary N) is 3. The van der Waals surface area contributed by atoms with E-state index in [9.17, 15) is 14.7 Å². The summed E-state index contributed by atoms with van der Waals surface area (Å²) < 4.78 is 0. The summed E-state index contributed by atoms with van der Waals surface area (Å²) in [5.74, 6) is -0.120. The first-order valence-corrected chi connectivity index (χ1v) is 15.7. The van der Waals surface area contributed by atoms with Gasteiger partial charge in [0.2, 0.25) is 0 Å². The molecule has 10 nitrogen and oxygen atoms in total. The first-order chi connectivity index (χ1) is 21.9. The second kappa shape index (κ2) is 15.0. The van der Waals surface area contributed by atoms with E-state index in [1.165, 1.54) is 0 Å². The number of urea groups is 1. The van der Waals surface area contributed by atoms with Crippen molar-refractivity contribution < 1.29 is 19.8 Å². The van der Waals surface area contributed by atoms with Gasteiger partial charge < -0.3 is 26.2 Å². The Morgan fingerprint density at radius 3 is 2.47 bits per heavy atom. The van der Waals surface area contributed by atoms with E-state index in [0.29, 0.717) is 25.3 Å². The zero-order valence-electron chi connectivity index (χ0n) is 26.0. The molecule has 1 saturated heterocycles. The van der Waals surface area contributed by atoms with E-state index in [1.807, 2.05) is 48.4 Å². The van der Waals surface area contributed by atoms with E-state index < -0.39 is 12.0 Å². The maximum atomic E-state index is 12.5. The fourth-order valence-corrected chi connectivity index (χ4v) is 6.01. The number of hydrogen-bond donors (Lipinski definition) is 5. The number of piperidine rings is 1. The van der Waals surface area contributed by atoms with E-state index in [1.54, 1.807) is 6.20 Å². The Hall–Kier alpha value is -4.54. The summed E-state index contributed by atoms with van der Waals surface area (Å²) in [4.78, 5) is 35.7. The van der Waals surface area contributed by atoms with Crippen LogP contribution in [0.4, 0.5) is 22.0 Å². The van der Waals surface area contributed by atoms with Gasteiger partial charge in [0.1, 0.15) is 11.6 Å². The van der Waals surface area contributed by atoms with Crippen LogP contribution in [0.25, 0.3) is 22.0 Å². The first-order valence-electron chi connectivity index (χ1n) is 15.7. The van der Waals surface area contributed by atoms with Crippen molar-refractivity contribution in [3.8, 4) is 11.1 Å². The molecule has 1 aliphatic rings. The molecule has 3 heterocycles. The van der Waals surface area contributed by atoms with Gasteiger partial charge in [0.25, 0.3) is 0 Å². The molecule has 5 N–H and O–H groups in total. The highest BCUT2D eigenvalue weighted by molar-refractivity contribution is 5.93. The van der Waals surface area contributed by atoms with Gasteiger partial charge in [-0.1, -0.05) is 30.7 Å². The van der Waals surface area contributed by atoms with E-state index in [0.717, 1.165) is 88.7 Å². The number of benzene rings is 2. The Morgan fingerprint density at radius 2 is 1.71 bits per heavy atom. The number of carboxylic acids is 1. The van der Waals surface area contributed by atoms with Crippen molar-refractivity contribution in [2.24, 2.45) is 0 Å². The molecule has 10 heteroatoms. The van der Waals surface area contributed by atoms with Crippen LogP contribution in [0.3, 0.4) is 0 Å². The SMILES string of the molecule is Cc1c(NC(=O)NCCCCCO)cccc1-c1cccc(Nc2nccc3cc(CN4CCCCC4C(=O)O)cnc23)c1C. The summed E-state index contributed by atoms with van der Waals surface area (Å²) in [7, 11) is 0. The highest BCUT2D eigenvalue weighted by Crippen LogP contribution is 2.35. The number of unbranched alkanes of at least 4 members (excludes halogenated alkanes) is 2. The minimum absolute atomic E-state index is 0.168. The van der Waals surface area contributed by atoms with Gasteiger partial charge >= 0.3 is 12.0 Å². The molecule has 0 saturated carbocycles. The van der Waals surface area contributed by atoms with Crippen LogP contribution >= 0.6 is 0 Å². The average molecular weight is 611 g/mol. The van der Waals surface area contributed by atoms with Crippen LogP contribution < -0.4 is 16.0 Å². The summed E-state index contributed by atoms with van der Waals surface area (Å²) >= 11 is 0. The van der Waals surface area contributed by atoms with E-state index in [2.05, 4.69) is 46.1 Å². The smallest absolute Gasteiger partial charge is 0.320 e. The van der Waals surface area contributed by atoms with Crippen molar-refractivity contribution >= 4 is 40.1 Å². The molecule has 1 atom stereocenters. The van der Waals surface area contributed by atoms with Gasteiger partial charge in [-0.25, -0.2) is 9.78 Å². The summed E-state index contributed by atoms with van der Waals surface area (Å²) in [6.45, 7) is 6.10. The van der Waals surface area contributed by atoms with Crippen molar-refractivity contribution in [3.05, 3.63) is 77.6 Å². The quantitative estimate of drug-likeness (QED) is 0.116. The molecule has 1 fully saturated rings. The van der Waals surface area contributed by atoms with Crippen LogP contribution in [0, 0.1) is 13.8 Å². The van der Waals surface area contributed by atoms with Crippen LogP contribution in [-0.4, -0.2) is 62.8 Å². The number of fused-ring (bicyclic) bond motifs is 1. The maximum absolute atomic E-state index is 12.5. The molecule has 4 aromatic rings. The number of rotatable bonds is 12. The second-order valence-corrected chi connectivity index (χ2v) is 11.6. The monoisotopic (exact) mass is 610 g/mol. The number of carboxylic acid groups (broad SMARTS) is 1. The Kier molecular flexibility index (Phi) is 10.6. The number of anilines is 3. The number of aromatic nitrogens is 2. The Balaban J connectivity index is 1.33. The molecule has 2 aromatic carbocycles. The summed E-state index contributed by atoms with van der Waals surface area (Å²) in [5.41, 5.74) is 7.41. The number of likely N-dealkylation sites (tertiary alicyclic amines) is 1. The largest absolute Gasteiger partial charge is 0.480 e. The van der Waals surface area contributed by atoms with Crippen molar-refractivity contribution in [3.63, 3.8) is 0 Å². The first kappa shape index (κ1) is 31.9. The van der Waals surface area contributed by atoms with E-state index >= 15 is 0 Å². The number of hydrogen-bond acceptors (Lipinski definition) is 7. The minimum atomic E-state index is -0.762. The molecule has 1 aliphatic heterocycles. The standard InChI is InChI=1S/C35H42N6O4/c1-23-27(28-11-9-13-30(24(28)2)40-35(45)37-16-5-3-7-19-42)10-8-12-29(23)39-33-32-26(15-17-36-33)20-25(21-38-32)22-41-18-6-4-14-31(41)34(43)44/h8-13,15,17,20-21,31,42H,3-7,14,16,18-19,22H2,1-2H3,(H,36,39)(H,43,44)(H2,37,40,45). The lowest BCUT2D eigenvalue weighted by Crippen LogP contribution is -2.44. The summed E-state index contributed by atoms with van der Waals surface area (Å²) in [6.07, 6.45) is 8.62. The number of nitrogens with zero attached hydrogens (tertiary/aromatic N) is 3. The molecule has 1 unspecified atom stereocenters. The van der Waals surface area contributed by atoms with Crippen LogP contribution in [-0.2, 0) is 11.3 Å². The Morgan fingerprint density at radius 1 is 0.956 bits per heavy atom. The van der Waals surface area contributed by atoms with E-state index in [4.69, 9.17) is 10.1 Å². The number of aliphatic hydroxyl groups is 1. The van der Waals surface area contributed by atoms with Gasteiger partial charge in [0.15, 0.2) is 5.82 Å². The Bertz CT molecular complexity index is 1660. The molecule has 0 spiro atoms. The maximum Gasteiger partial charge on any atom is 0.320 e. The van der Waals surface area contributed by atoms with Crippen LogP contribution in [0.1, 0.15) is 55.2 Å². The van der Waals surface area contributed by atoms with E-state index in [-0.39, 0.29) is 12.6 Å². The number of aliphatic carboxylic acids is 1. The lowest BCUT2D eigenvalue weighted by atomic mass is 9.94. The second-order valence-electron chi connectivity index (χ2n) is 11.6. The topological polar surface area (TPSA) is 140 Å². The molecule has 2 aromatic heterocycles. The van der Waals surface area contributed by atoms with Crippen molar-refractivity contribution in [2.75, 3.05) is 30.3 Å². The number of carbonyl (C=O) groups is 2. The molecule has 5 rings (SSSR count). The van der Waals surface area contributed by atoms with Gasteiger partial charge in [0, 0.05) is 48.9 Å². The number of pyridine rings is 2. The van der Waals surface area contributed by atoms with Crippen molar-refractivity contribution in [1.29, 1.82) is 0 Å². The molecule has 45 heavy (non-hydrogen) atoms. The zero-order chi connectivity index (χ0) is 31.8. The molecule has 236 valence electrons. The lowest BCUT2D eigenvalue weighted by Gasteiger charge is -2.32. The predicted octanol–water partition coefficient (Wildman–Crippen LogP) is 6.38. The van der Waals surface area contributed by atoms with Crippen LogP contribution in [0.15, 0.2) is 60.9 Å². The third kappa shape index (κ3) is 7.76. The van der Waals surface area contributed by atoms with Gasteiger partial charge in [-0.15, -0.1) is 0 Å². The predicted molar refractivity (Wildman–Crippen MR) is 178 cm³/mol. The van der Waals surface area contributed by atoms with Crippen molar-refractivity contribution in [1.82, 2.24) is 20.2 Å². The highest BCUT2D eigenvalue weighted by Gasteiger charge is 2.28. The fraction of sp³-hybridized carbons (Fsp3) is 0.371. The molecule has 0 radical (unpaired) electrons. The third-order valence-electron chi connectivity index (χ3n) is 8.52. The average Bonchev–Trinajstić information content (AvgIpc) is 3.03. The fourth-order valence-electron chi connectivity index (χ4n) is 6.01. The molecular formula is C35H42N6O4. The number of carbonyl (C=O) groups excluding carboxylic acids is 1. The number of amides is 2.